The first-order chi connectivity index (χ1) is 21.1. The minimum absolute atomic E-state index is 0.0280. The molecule has 3 aromatic rings. The Morgan fingerprint density at radius 3 is 2.48 bits per heavy atom. The van der Waals surface area contributed by atoms with Gasteiger partial charge in [-0.05, 0) is 42.2 Å². The molecule has 9 nitrogen and oxygen atoms in total. The molecular formula is C35H39N3O6. The van der Waals surface area contributed by atoms with Crippen molar-refractivity contribution in [2.24, 2.45) is 16.4 Å². The Hall–Kier alpha value is -4.53. The highest BCUT2D eigenvalue weighted by Crippen LogP contribution is 2.37. The summed E-state index contributed by atoms with van der Waals surface area (Å²) in [6, 6.07) is 16.4. The molecule has 2 amide bonds. The third-order valence-corrected chi connectivity index (χ3v) is 8.40. The summed E-state index contributed by atoms with van der Waals surface area (Å²) in [5.41, 5.74) is 3.52. The van der Waals surface area contributed by atoms with Gasteiger partial charge in [0.1, 0.15) is 12.3 Å². The fraction of sp³-hybridized carbons (Fsp3) is 0.400. The number of Topliss-reactive ketones (excluding diaryl/α,β-unsaturated/α-hetero) is 1. The normalized spacial score (nSPS) is 17.4. The quantitative estimate of drug-likeness (QED) is 0.293. The lowest BCUT2D eigenvalue weighted by atomic mass is 9.78. The molecule has 1 aliphatic heterocycles. The van der Waals surface area contributed by atoms with Crippen molar-refractivity contribution in [3.05, 3.63) is 77.7 Å². The molecule has 0 spiro atoms. The van der Waals surface area contributed by atoms with Crippen LogP contribution in [-0.2, 0) is 19.1 Å². The smallest absolute Gasteiger partial charge is 0.374 e. The molecule has 0 radical (unpaired) electrons. The number of amides is 2. The fourth-order valence-corrected chi connectivity index (χ4v) is 5.95. The number of nitrogens with zero attached hydrogens (tertiary/aromatic N) is 2. The van der Waals surface area contributed by atoms with E-state index in [1.165, 1.54) is 18.4 Å². The molecule has 2 aromatic carbocycles. The number of fused-ring (bicyclic) bond motifs is 1. The molecule has 0 saturated heterocycles. The van der Waals surface area contributed by atoms with Crippen LogP contribution in [0.2, 0.25) is 0 Å². The second kappa shape index (κ2) is 13.0. The van der Waals surface area contributed by atoms with Gasteiger partial charge in [0.25, 0.3) is 5.91 Å². The number of carbonyl (C=O) groups excluding carboxylic acids is 4. The van der Waals surface area contributed by atoms with Crippen LogP contribution in [0.5, 0.6) is 0 Å². The van der Waals surface area contributed by atoms with E-state index in [0.717, 1.165) is 48.9 Å². The van der Waals surface area contributed by atoms with Crippen LogP contribution in [0.3, 0.4) is 0 Å². The first-order valence-corrected chi connectivity index (χ1v) is 15.2. The minimum atomic E-state index is -0.753. The van der Waals surface area contributed by atoms with Crippen LogP contribution in [0.4, 0.5) is 5.69 Å². The highest BCUT2D eigenvalue weighted by atomic mass is 16.5. The van der Waals surface area contributed by atoms with Crippen LogP contribution < -0.4 is 5.32 Å². The molecule has 9 heteroatoms. The van der Waals surface area contributed by atoms with Gasteiger partial charge in [0.15, 0.2) is 0 Å². The molecule has 5 rings (SSSR count). The van der Waals surface area contributed by atoms with Crippen molar-refractivity contribution in [1.29, 1.82) is 0 Å². The highest BCUT2D eigenvalue weighted by Gasteiger charge is 2.38. The van der Waals surface area contributed by atoms with Gasteiger partial charge in [-0.3, -0.25) is 14.4 Å². The molecule has 230 valence electrons. The third kappa shape index (κ3) is 6.67. The van der Waals surface area contributed by atoms with Crippen molar-refractivity contribution in [1.82, 2.24) is 5.01 Å². The maximum Gasteiger partial charge on any atom is 0.374 e. The lowest BCUT2D eigenvalue weighted by Crippen LogP contribution is -2.38. The number of benzene rings is 2. The molecule has 1 N–H and O–H groups in total. The van der Waals surface area contributed by atoms with Gasteiger partial charge in [0, 0.05) is 34.6 Å². The summed E-state index contributed by atoms with van der Waals surface area (Å²) in [7, 11) is 1.28. The molecule has 1 aliphatic carbocycles. The van der Waals surface area contributed by atoms with E-state index in [2.05, 4.69) is 5.32 Å². The molecule has 1 unspecified atom stereocenters. The van der Waals surface area contributed by atoms with E-state index in [1.54, 1.807) is 30.3 Å². The monoisotopic (exact) mass is 597 g/mol. The third-order valence-electron chi connectivity index (χ3n) is 8.40. The summed E-state index contributed by atoms with van der Waals surface area (Å²) in [5.74, 6) is -1.97. The van der Waals surface area contributed by atoms with E-state index in [0.29, 0.717) is 16.8 Å². The predicted octanol–water partition coefficient (Wildman–Crippen LogP) is 6.59. The van der Waals surface area contributed by atoms with Crippen molar-refractivity contribution in [2.45, 2.75) is 65.2 Å². The Kier molecular flexibility index (Phi) is 9.13. The van der Waals surface area contributed by atoms with Crippen LogP contribution in [0.15, 0.2) is 70.4 Å². The van der Waals surface area contributed by atoms with Gasteiger partial charge in [-0.1, -0.05) is 76.4 Å². The number of carbonyl (C=O) groups is 4. The lowest BCUT2D eigenvalue weighted by molar-refractivity contribution is -0.138. The first-order valence-electron chi connectivity index (χ1n) is 15.2. The summed E-state index contributed by atoms with van der Waals surface area (Å²) in [6.07, 6.45) is 6.67. The molecule has 1 saturated carbocycles. The van der Waals surface area contributed by atoms with E-state index >= 15 is 0 Å². The van der Waals surface area contributed by atoms with Gasteiger partial charge < -0.3 is 14.5 Å². The zero-order chi connectivity index (χ0) is 31.4. The van der Waals surface area contributed by atoms with Crippen LogP contribution in [-0.4, -0.2) is 47.9 Å². The van der Waals surface area contributed by atoms with Gasteiger partial charge in [0.05, 0.1) is 25.0 Å². The molecule has 44 heavy (non-hydrogen) atoms. The van der Waals surface area contributed by atoms with Crippen LogP contribution in [0.1, 0.15) is 86.9 Å². The average Bonchev–Trinajstić information content (AvgIpc) is 3.48. The first kappa shape index (κ1) is 30.9. The minimum Gasteiger partial charge on any atom is -0.463 e. The number of hydrogen-bond donors (Lipinski definition) is 1. The average molecular weight is 598 g/mol. The van der Waals surface area contributed by atoms with Gasteiger partial charge in [-0.25, -0.2) is 9.80 Å². The van der Waals surface area contributed by atoms with E-state index in [-0.39, 0.29) is 36.3 Å². The zero-order valence-electron chi connectivity index (χ0n) is 25.7. The summed E-state index contributed by atoms with van der Waals surface area (Å²) in [4.78, 5) is 53.0. The van der Waals surface area contributed by atoms with E-state index in [1.807, 2.05) is 45.0 Å². The molecule has 1 aromatic heterocycles. The van der Waals surface area contributed by atoms with Gasteiger partial charge in [-0.15, -0.1) is 0 Å². The number of anilines is 1. The Morgan fingerprint density at radius 1 is 1.00 bits per heavy atom. The predicted molar refractivity (Wildman–Crippen MR) is 167 cm³/mol. The molecule has 2 heterocycles. The van der Waals surface area contributed by atoms with Gasteiger partial charge >= 0.3 is 5.97 Å². The number of esters is 1. The SMILES string of the molecule is COC(=O)c1occc1-c1cccc(NC(=O)CN2N=C(C3CCCCC3)c3ccccc3C(CC(=O)C(C)(C)C)C2=O)c1. The standard InChI is InChI=1S/C35H39N3O6/c1-35(2,3)29(39)20-28-26-15-8-9-16-27(26)31(22-11-6-5-7-12-22)37-38(33(28)41)21-30(40)36-24-14-10-13-23(19-24)25-17-18-44-32(25)34(42)43-4/h8-10,13-19,22,28H,5-7,11-12,20-21H2,1-4H3,(H,36,40). The zero-order valence-corrected chi connectivity index (χ0v) is 25.7. The molecule has 1 fully saturated rings. The fourth-order valence-electron chi connectivity index (χ4n) is 5.95. The van der Waals surface area contributed by atoms with Crippen LogP contribution in [0, 0.1) is 11.3 Å². The van der Waals surface area contributed by atoms with E-state index in [4.69, 9.17) is 14.3 Å². The summed E-state index contributed by atoms with van der Waals surface area (Å²) in [5, 5.41) is 9.02. The van der Waals surface area contributed by atoms with Crippen molar-refractivity contribution in [3.8, 4) is 11.1 Å². The molecule has 1 atom stereocenters. The number of furan rings is 1. The number of methoxy groups -OCH3 is 1. The Bertz CT molecular complexity index is 1590. The number of rotatable bonds is 8. The summed E-state index contributed by atoms with van der Waals surface area (Å²) < 4.78 is 10.1. The topological polar surface area (TPSA) is 118 Å². The Morgan fingerprint density at radius 2 is 1.75 bits per heavy atom. The largest absolute Gasteiger partial charge is 0.463 e. The number of hydrazone groups is 1. The Labute approximate surface area is 257 Å². The second-order valence-corrected chi connectivity index (χ2v) is 12.5. The number of ether oxygens (including phenoxy) is 1. The number of ketones is 1. The van der Waals surface area contributed by atoms with Crippen molar-refractivity contribution < 1.29 is 28.3 Å². The maximum atomic E-state index is 14.2. The second-order valence-electron chi connectivity index (χ2n) is 12.5. The molecular weight excluding hydrogens is 558 g/mol. The van der Waals surface area contributed by atoms with Gasteiger partial charge in [0.2, 0.25) is 11.7 Å². The Balaban J connectivity index is 1.45. The summed E-state index contributed by atoms with van der Waals surface area (Å²) in [6.45, 7) is 5.24. The van der Waals surface area contributed by atoms with Crippen LogP contribution >= 0.6 is 0 Å². The van der Waals surface area contributed by atoms with E-state index in [9.17, 15) is 19.2 Å². The lowest BCUT2D eigenvalue weighted by Gasteiger charge is -2.25. The van der Waals surface area contributed by atoms with Crippen LogP contribution in [0.25, 0.3) is 11.1 Å². The number of hydrogen-bond acceptors (Lipinski definition) is 7. The van der Waals surface area contributed by atoms with E-state index < -0.39 is 23.2 Å². The summed E-state index contributed by atoms with van der Waals surface area (Å²) >= 11 is 0. The maximum absolute atomic E-state index is 14.2. The van der Waals surface area contributed by atoms with Crippen molar-refractivity contribution >= 4 is 35.0 Å². The molecule has 2 aliphatic rings. The van der Waals surface area contributed by atoms with Gasteiger partial charge in [-0.2, -0.15) is 5.10 Å². The highest BCUT2D eigenvalue weighted by molar-refractivity contribution is 6.08. The van der Waals surface area contributed by atoms with Crippen molar-refractivity contribution in [2.75, 3.05) is 19.0 Å². The molecule has 0 bridgehead atoms. The van der Waals surface area contributed by atoms with Crippen molar-refractivity contribution in [3.63, 3.8) is 0 Å². The number of nitrogens with one attached hydrogen (secondary N) is 1.